The van der Waals surface area contributed by atoms with Gasteiger partial charge in [0.2, 0.25) is 5.91 Å². The largest absolute Gasteiger partial charge is 0.508 e. The third kappa shape index (κ3) is 4.60. The number of aliphatic hydroxyl groups excluding tert-OH is 1. The maximum Gasteiger partial charge on any atom is 0.227 e. The molecule has 3 aromatic rings. The molecule has 1 heterocycles. The molecule has 1 aliphatic heterocycles. The Labute approximate surface area is 194 Å². The minimum absolute atomic E-state index is 0.0422. The van der Waals surface area contributed by atoms with Crippen LogP contribution in [0.1, 0.15) is 36.9 Å². The highest BCUT2D eigenvalue weighted by atomic mass is 16.3. The molecule has 4 nitrogen and oxygen atoms in total. The number of hydrogen-bond donors (Lipinski definition) is 2. The van der Waals surface area contributed by atoms with Crippen molar-refractivity contribution in [2.24, 2.45) is 0 Å². The lowest BCUT2D eigenvalue weighted by Crippen LogP contribution is -2.27. The highest BCUT2D eigenvalue weighted by Gasteiger charge is 2.34. The highest BCUT2D eigenvalue weighted by Crippen LogP contribution is 2.41. The van der Waals surface area contributed by atoms with E-state index in [4.69, 9.17) is 0 Å². The van der Waals surface area contributed by atoms with Crippen LogP contribution in [0.25, 0.3) is 16.7 Å². The van der Waals surface area contributed by atoms with Gasteiger partial charge in [0.15, 0.2) is 0 Å². The average molecular weight is 438 g/mol. The van der Waals surface area contributed by atoms with Gasteiger partial charge in [-0.05, 0) is 66.0 Å². The third-order valence-corrected chi connectivity index (χ3v) is 6.01. The molecule has 0 saturated carbocycles. The van der Waals surface area contributed by atoms with Crippen molar-refractivity contribution >= 4 is 17.2 Å². The van der Waals surface area contributed by atoms with Crippen LogP contribution in [0.3, 0.4) is 0 Å². The van der Waals surface area contributed by atoms with Gasteiger partial charge < -0.3 is 15.1 Å². The predicted octanol–water partition coefficient (Wildman–Crippen LogP) is 6.96. The number of allylic oxidation sites excluding steroid dienone is 4. The molecule has 0 aliphatic carbocycles. The number of hydrogen-bond acceptors (Lipinski definition) is 3. The topological polar surface area (TPSA) is 60.8 Å². The van der Waals surface area contributed by atoms with Gasteiger partial charge in [-0.15, -0.1) is 0 Å². The van der Waals surface area contributed by atoms with Crippen LogP contribution in [0.15, 0.2) is 103 Å². The van der Waals surface area contributed by atoms with E-state index in [9.17, 15) is 15.0 Å². The summed E-state index contributed by atoms with van der Waals surface area (Å²) in [6, 6.07) is 23.2. The van der Waals surface area contributed by atoms with Gasteiger partial charge in [0.25, 0.3) is 0 Å². The molecular formula is C29H27NO3. The molecule has 1 atom stereocenters. The Morgan fingerprint density at radius 3 is 2.36 bits per heavy atom. The first-order valence-corrected chi connectivity index (χ1v) is 11.0. The minimum Gasteiger partial charge on any atom is -0.508 e. The van der Waals surface area contributed by atoms with Crippen LogP contribution >= 0.6 is 0 Å². The minimum atomic E-state index is -0.241. The van der Waals surface area contributed by atoms with Crippen LogP contribution in [-0.2, 0) is 4.79 Å². The van der Waals surface area contributed by atoms with Crippen LogP contribution in [0, 0.1) is 0 Å². The summed E-state index contributed by atoms with van der Waals surface area (Å²) in [6.07, 6.45) is 5.88. The molecule has 2 N–H and O–H groups in total. The zero-order valence-electron chi connectivity index (χ0n) is 18.6. The first kappa shape index (κ1) is 22.2. The summed E-state index contributed by atoms with van der Waals surface area (Å²) in [5.74, 6) is 0.284. The lowest BCUT2D eigenvalue weighted by atomic mass is 9.97. The van der Waals surface area contributed by atoms with Gasteiger partial charge in [-0.1, -0.05) is 67.3 Å². The van der Waals surface area contributed by atoms with Crippen molar-refractivity contribution in [3.8, 4) is 16.9 Å². The van der Waals surface area contributed by atoms with Crippen LogP contribution in [0.4, 0.5) is 5.69 Å². The Morgan fingerprint density at radius 2 is 1.73 bits per heavy atom. The van der Waals surface area contributed by atoms with Gasteiger partial charge in [-0.2, -0.15) is 0 Å². The van der Waals surface area contributed by atoms with Crippen LogP contribution in [0.2, 0.25) is 0 Å². The third-order valence-electron chi connectivity index (χ3n) is 6.01. The number of benzene rings is 3. The second-order valence-corrected chi connectivity index (χ2v) is 8.02. The molecule has 4 rings (SSSR count). The van der Waals surface area contributed by atoms with E-state index in [-0.39, 0.29) is 23.5 Å². The van der Waals surface area contributed by atoms with E-state index < -0.39 is 0 Å². The van der Waals surface area contributed by atoms with Crippen LogP contribution in [-0.4, -0.2) is 16.1 Å². The number of nitrogens with zero attached hydrogens (tertiary/aromatic N) is 1. The molecule has 0 aromatic heterocycles. The Kier molecular flexibility index (Phi) is 6.45. The Bertz CT molecular complexity index is 1220. The Hall–Kier alpha value is -4.05. The molecule has 1 aliphatic rings. The molecule has 3 aromatic carbocycles. The zero-order chi connectivity index (χ0) is 23.4. The fourth-order valence-electron chi connectivity index (χ4n) is 4.25. The van der Waals surface area contributed by atoms with E-state index in [2.05, 4.69) is 18.7 Å². The maximum atomic E-state index is 12.8. The number of rotatable bonds is 6. The van der Waals surface area contributed by atoms with Crippen molar-refractivity contribution in [3.63, 3.8) is 0 Å². The smallest absolute Gasteiger partial charge is 0.227 e. The van der Waals surface area contributed by atoms with Crippen molar-refractivity contribution in [1.29, 1.82) is 0 Å². The summed E-state index contributed by atoms with van der Waals surface area (Å²) < 4.78 is 0. The number of anilines is 1. The van der Waals surface area contributed by atoms with Gasteiger partial charge in [0.1, 0.15) is 11.5 Å². The second kappa shape index (κ2) is 9.61. The Morgan fingerprint density at radius 1 is 1.03 bits per heavy atom. The van der Waals surface area contributed by atoms with Crippen LogP contribution in [0.5, 0.6) is 5.75 Å². The first-order chi connectivity index (χ1) is 16.0. The summed E-state index contributed by atoms with van der Waals surface area (Å²) in [7, 11) is 0. The van der Waals surface area contributed by atoms with Crippen molar-refractivity contribution < 1.29 is 15.0 Å². The lowest BCUT2D eigenvalue weighted by molar-refractivity contribution is -0.117. The number of aromatic hydroxyl groups is 1. The molecule has 4 heteroatoms. The number of amides is 1. The highest BCUT2D eigenvalue weighted by molar-refractivity contribution is 5.97. The zero-order valence-corrected chi connectivity index (χ0v) is 18.6. The van der Waals surface area contributed by atoms with E-state index in [1.807, 2.05) is 54.6 Å². The normalized spacial score (nSPS) is 16.8. The monoisotopic (exact) mass is 437 g/mol. The van der Waals surface area contributed by atoms with Gasteiger partial charge in [0.05, 0.1) is 6.04 Å². The molecule has 33 heavy (non-hydrogen) atoms. The van der Waals surface area contributed by atoms with Crippen molar-refractivity contribution in [2.75, 3.05) is 4.90 Å². The lowest BCUT2D eigenvalue weighted by Gasteiger charge is -2.26. The van der Waals surface area contributed by atoms with Gasteiger partial charge in [-0.3, -0.25) is 4.79 Å². The second-order valence-electron chi connectivity index (χ2n) is 8.02. The van der Waals surface area contributed by atoms with Crippen molar-refractivity contribution in [1.82, 2.24) is 0 Å². The van der Waals surface area contributed by atoms with Crippen LogP contribution < -0.4 is 4.90 Å². The fraction of sp³-hybridized carbons (Fsp3) is 0.138. The standard InChI is InChI=1S/C29H27NO3/c1-3-20(18-25(31)4-2)23-12-15-26(28(32)19-23)27-16-17-29(33)30(27)24-13-10-22(11-14-24)21-8-6-5-7-9-21/h3-15,18-19,27,31-32H,1,16-17H2,2H3/b20-18+,25-4+. The molecule has 1 unspecified atom stereocenters. The number of carbonyl (C=O) groups is 1. The number of carbonyl (C=O) groups excluding carboxylic acids is 1. The van der Waals surface area contributed by atoms with E-state index in [1.165, 1.54) is 0 Å². The maximum absolute atomic E-state index is 12.8. The molecular weight excluding hydrogens is 410 g/mol. The van der Waals surface area contributed by atoms with Gasteiger partial charge in [0, 0.05) is 17.7 Å². The summed E-state index contributed by atoms with van der Waals surface area (Å²) in [5.41, 5.74) is 5.16. The summed E-state index contributed by atoms with van der Waals surface area (Å²) in [4.78, 5) is 14.6. The summed E-state index contributed by atoms with van der Waals surface area (Å²) in [5, 5.41) is 20.7. The SMILES string of the molecule is C=C/C(=C\C(O)=C/C)c1ccc(C2CCC(=O)N2c2ccc(-c3ccccc3)cc2)c(O)c1. The van der Waals surface area contributed by atoms with Gasteiger partial charge >= 0.3 is 0 Å². The number of phenols is 1. The molecule has 0 spiro atoms. The predicted molar refractivity (Wildman–Crippen MR) is 134 cm³/mol. The average Bonchev–Trinajstić information content (AvgIpc) is 3.23. The quantitative estimate of drug-likeness (QED) is 0.324. The Balaban J connectivity index is 1.64. The molecule has 1 amide bonds. The van der Waals surface area contributed by atoms with Crippen molar-refractivity contribution in [2.45, 2.75) is 25.8 Å². The summed E-state index contributed by atoms with van der Waals surface area (Å²) in [6.45, 7) is 5.55. The molecule has 0 radical (unpaired) electrons. The van der Waals surface area contributed by atoms with Crippen molar-refractivity contribution in [3.05, 3.63) is 114 Å². The van der Waals surface area contributed by atoms with Gasteiger partial charge in [-0.25, -0.2) is 0 Å². The molecule has 166 valence electrons. The fourth-order valence-corrected chi connectivity index (χ4v) is 4.25. The molecule has 0 bridgehead atoms. The van der Waals surface area contributed by atoms with E-state index in [0.29, 0.717) is 24.0 Å². The van der Waals surface area contributed by atoms with E-state index >= 15 is 0 Å². The first-order valence-electron chi connectivity index (χ1n) is 11.0. The summed E-state index contributed by atoms with van der Waals surface area (Å²) >= 11 is 0. The number of phenolic OH excluding ortho intramolecular Hbond substituents is 1. The molecule has 1 saturated heterocycles. The van der Waals surface area contributed by atoms with E-state index in [1.54, 1.807) is 36.1 Å². The van der Waals surface area contributed by atoms with E-state index in [0.717, 1.165) is 22.4 Å². The molecule has 1 fully saturated rings. The number of aliphatic hydroxyl groups is 1.